The van der Waals surface area contributed by atoms with Crippen LogP contribution in [0.4, 0.5) is 0 Å². The molecule has 66 valence electrons. The summed E-state index contributed by atoms with van der Waals surface area (Å²) in [5.41, 5.74) is 0. The van der Waals surface area contributed by atoms with Gasteiger partial charge in [0, 0.05) is 13.5 Å². The fraction of sp³-hybridized carbons (Fsp3) is 0.750. The van der Waals surface area contributed by atoms with Crippen molar-refractivity contribution in [3.05, 3.63) is 0 Å². The molecule has 0 saturated heterocycles. The molecule has 0 atom stereocenters. The highest BCUT2D eigenvalue weighted by atomic mass is 32.2. The molecule has 0 aliphatic carbocycles. The minimum Gasteiger partial charge on any atom is -0.395 e. The van der Waals surface area contributed by atoms with Gasteiger partial charge >= 0.3 is 16.3 Å². The van der Waals surface area contributed by atoms with Gasteiger partial charge in [-0.15, -0.1) is 0 Å². The minimum absolute atomic E-state index is 0.171. The van der Waals surface area contributed by atoms with Crippen LogP contribution in [-0.2, 0) is 19.3 Å². The number of rotatable bonds is 4. The van der Waals surface area contributed by atoms with Crippen LogP contribution in [0, 0.1) is 0 Å². The third-order valence-electron chi connectivity index (χ3n) is 0.618. The molecule has 0 spiro atoms. The Morgan fingerprint density at radius 2 is 2.18 bits per heavy atom. The van der Waals surface area contributed by atoms with E-state index in [1.165, 1.54) is 0 Å². The number of hydrogen-bond acceptors (Lipinski definition) is 5. The molecule has 0 aromatic rings. The van der Waals surface area contributed by atoms with Gasteiger partial charge in [0.1, 0.15) is 0 Å². The number of hydrogen-bond donors (Lipinski definition) is 2. The lowest BCUT2D eigenvalue weighted by Crippen LogP contribution is -2.29. The van der Waals surface area contributed by atoms with Crippen molar-refractivity contribution in [1.82, 2.24) is 4.72 Å². The van der Waals surface area contributed by atoms with Crippen LogP contribution < -0.4 is 4.72 Å². The zero-order valence-electron chi connectivity index (χ0n) is 5.90. The molecule has 0 rings (SSSR count). The van der Waals surface area contributed by atoms with Gasteiger partial charge in [0.05, 0.1) is 6.61 Å². The number of carbonyl (C=O) groups excluding carboxylic acids is 1. The van der Waals surface area contributed by atoms with E-state index in [2.05, 4.69) is 4.18 Å². The van der Waals surface area contributed by atoms with Crippen molar-refractivity contribution in [1.29, 1.82) is 0 Å². The summed E-state index contributed by atoms with van der Waals surface area (Å²) in [4.78, 5) is 10.1. The molecular weight excluding hydrogens is 174 g/mol. The maximum atomic E-state index is 10.5. The van der Waals surface area contributed by atoms with Crippen LogP contribution in [-0.4, -0.2) is 32.6 Å². The number of aliphatic hydroxyl groups excluding tert-OH is 1. The first-order valence-corrected chi connectivity index (χ1v) is 4.19. The van der Waals surface area contributed by atoms with Crippen molar-refractivity contribution in [2.45, 2.75) is 6.92 Å². The molecule has 2 N–H and O–H groups in total. The maximum Gasteiger partial charge on any atom is 0.385 e. The Morgan fingerprint density at radius 3 is 2.55 bits per heavy atom. The van der Waals surface area contributed by atoms with Gasteiger partial charge in [-0.1, -0.05) is 0 Å². The molecule has 0 unspecified atom stereocenters. The largest absolute Gasteiger partial charge is 0.395 e. The second-order valence-electron chi connectivity index (χ2n) is 1.65. The Hall–Kier alpha value is -0.660. The molecule has 0 radical (unpaired) electrons. The predicted molar refractivity (Wildman–Crippen MR) is 35.8 cm³/mol. The van der Waals surface area contributed by atoms with Crippen LogP contribution in [0.1, 0.15) is 6.92 Å². The fourth-order valence-electron chi connectivity index (χ4n) is 0.355. The number of nitrogens with one attached hydrogen (secondary N) is 1. The summed E-state index contributed by atoms with van der Waals surface area (Å²) in [6.07, 6.45) is 0. The monoisotopic (exact) mass is 183 g/mol. The van der Waals surface area contributed by atoms with Crippen LogP contribution in [0.2, 0.25) is 0 Å². The summed E-state index contributed by atoms with van der Waals surface area (Å²) in [5.74, 6) is -0.921. The zero-order chi connectivity index (χ0) is 8.91. The molecule has 0 aliphatic rings. The van der Waals surface area contributed by atoms with Crippen molar-refractivity contribution in [2.75, 3.05) is 13.2 Å². The smallest absolute Gasteiger partial charge is 0.385 e. The SMILES string of the molecule is CC(=O)OS(=O)(=O)NCCO. The van der Waals surface area contributed by atoms with Crippen molar-refractivity contribution < 1.29 is 22.5 Å². The topological polar surface area (TPSA) is 92.7 Å². The molecular formula is C4H9NO5S. The summed E-state index contributed by atoms with van der Waals surface area (Å²) in [6.45, 7) is 0.453. The van der Waals surface area contributed by atoms with Gasteiger partial charge in [0.25, 0.3) is 0 Å². The summed E-state index contributed by atoms with van der Waals surface area (Å²) < 4.78 is 26.7. The quantitative estimate of drug-likeness (QED) is 0.546. The molecule has 0 heterocycles. The molecule has 7 heteroatoms. The second kappa shape index (κ2) is 4.27. The van der Waals surface area contributed by atoms with Crippen LogP contribution >= 0.6 is 0 Å². The van der Waals surface area contributed by atoms with E-state index in [0.717, 1.165) is 6.92 Å². The van der Waals surface area contributed by atoms with Crippen LogP contribution in [0.5, 0.6) is 0 Å². The highest BCUT2D eigenvalue weighted by Crippen LogP contribution is 1.86. The van der Waals surface area contributed by atoms with Crippen LogP contribution in [0.3, 0.4) is 0 Å². The fourth-order valence-corrected chi connectivity index (χ4v) is 1.06. The van der Waals surface area contributed by atoms with Gasteiger partial charge in [-0.05, 0) is 0 Å². The first-order chi connectivity index (χ1) is 4.98. The first-order valence-electron chi connectivity index (χ1n) is 2.78. The number of carbonyl (C=O) groups is 1. The van der Waals surface area contributed by atoms with E-state index in [0.29, 0.717) is 0 Å². The third-order valence-corrected chi connectivity index (χ3v) is 1.63. The molecule has 0 aliphatic heterocycles. The Balaban J connectivity index is 3.92. The van der Waals surface area contributed by atoms with E-state index in [4.69, 9.17) is 5.11 Å². The van der Waals surface area contributed by atoms with Gasteiger partial charge in [-0.2, -0.15) is 13.1 Å². The lowest BCUT2D eigenvalue weighted by molar-refractivity contribution is -0.131. The average Bonchev–Trinajstić information content (AvgIpc) is 1.81. The van der Waals surface area contributed by atoms with E-state index in [-0.39, 0.29) is 13.2 Å². The molecule has 0 aromatic heterocycles. The molecule has 0 saturated carbocycles. The standard InChI is InChI=1S/C4H9NO5S/c1-4(7)10-11(8,9)5-2-3-6/h5-6H,2-3H2,1H3. The van der Waals surface area contributed by atoms with Crippen LogP contribution in [0.15, 0.2) is 0 Å². The third kappa shape index (κ3) is 5.77. The second-order valence-corrected chi connectivity index (χ2v) is 3.01. The van der Waals surface area contributed by atoms with Gasteiger partial charge in [-0.3, -0.25) is 4.79 Å². The first kappa shape index (κ1) is 10.3. The summed E-state index contributed by atoms with van der Waals surface area (Å²) in [5, 5.41) is 8.20. The van der Waals surface area contributed by atoms with Gasteiger partial charge in [0.15, 0.2) is 0 Å². The molecule has 0 fully saturated rings. The summed E-state index contributed by atoms with van der Waals surface area (Å²) in [7, 11) is -4.00. The molecule has 0 amide bonds. The average molecular weight is 183 g/mol. The Kier molecular flexibility index (Phi) is 4.01. The van der Waals surface area contributed by atoms with E-state index in [1.54, 1.807) is 0 Å². The van der Waals surface area contributed by atoms with Gasteiger partial charge in [0.2, 0.25) is 0 Å². The minimum atomic E-state index is -4.00. The highest BCUT2D eigenvalue weighted by molar-refractivity contribution is 7.85. The van der Waals surface area contributed by atoms with Crippen molar-refractivity contribution in [3.8, 4) is 0 Å². The van der Waals surface area contributed by atoms with E-state index in [9.17, 15) is 13.2 Å². The summed E-state index contributed by atoms with van der Waals surface area (Å²) in [6, 6.07) is 0. The lowest BCUT2D eigenvalue weighted by Gasteiger charge is -2.02. The van der Waals surface area contributed by atoms with Crippen molar-refractivity contribution in [2.24, 2.45) is 0 Å². The molecule has 11 heavy (non-hydrogen) atoms. The van der Waals surface area contributed by atoms with Crippen molar-refractivity contribution in [3.63, 3.8) is 0 Å². The zero-order valence-corrected chi connectivity index (χ0v) is 6.72. The normalized spacial score (nSPS) is 11.1. The predicted octanol–water partition coefficient (Wildman–Crippen LogP) is -1.62. The van der Waals surface area contributed by atoms with Crippen LogP contribution in [0.25, 0.3) is 0 Å². The van der Waals surface area contributed by atoms with Crippen molar-refractivity contribution >= 4 is 16.3 Å². The van der Waals surface area contributed by atoms with E-state index in [1.807, 2.05) is 4.72 Å². The Bertz CT molecular complexity index is 221. The molecule has 0 bridgehead atoms. The van der Waals surface area contributed by atoms with E-state index >= 15 is 0 Å². The van der Waals surface area contributed by atoms with Gasteiger partial charge in [-0.25, -0.2) is 0 Å². The Morgan fingerprint density at radius 1 is 1.64 bits per heavy atom. The molecule has 6 nitrogen and oxygen atoms in total. The van der Waals surface area contributed by atoms with E-state index < -0.39 is 16.3 Å². The molecule has 0 aromatic carbocycles. The summed E-state index contributed by atoms with van der Waals surface area (Å²) >= 11 is 0. The number of aliphatic hydroxyl groups is 1. The highest BCUT2D eigenvalue weighted by Gasteiger charge is 2.11. The Labute approximate surface area is 64.4 Å². The van der Waals surface area contributed by atoms with Gasteiger partial charge < -0.3 is 9.29 Å². The maximum absolute atomic E-state index is 10.5. The lowest BCUT2D eigenvalue weighted by atomic mass is 10.8.